The zero-order chi connectivity index (χ0) is 21.3. The minimum absolute atomic E-state index is 0.144. The minimum Gasteiger partial charge on any atom is -0.496 e. The molecule has 0 fully saturated rings. The summed E-state index contributed by atoms with van der Waals surface area (Å²) < 4.78 is 31.4. The van der Waals surface area contributed by atoms with Gasteiger partial charge in [-0.1, -0.05) is 29.3 Å². The first-order chi connectivity index (χ1) is 13.6. The zero-order valence-corrected chi connectivity index (χ0v) is 18.5. The van der Waals surface area contributed by atoms with Crippen LogP contribution in [-0.4, -0.2) is 43.9 Å². The topological polar surface area (TPSA) is 84.4 Å². The largest absolute Gasteiger partial charge is 0.496 e. The van der Waals surface area contributed by atoms with Crippen LogP contribution in [0.5, 0.6) is 5.75 Å². The summed E-state index contributed by atoms with van der Waals surface area (Å²) in [5.74, 6) is 1.12. The Morgan fingerprint density at radius 3 is 2.48 bits per heavy atom. The molecule has 9 heteroatoms. The number of fused-ring (bicyclic) bond motifs is 1. The number of halogens is 1. The molecule has 0 aliphatic carbocycles. The predicted molar refractivity (Wildman–Crippen MR) is 115 cm³/mol. The predicted octanol–water partition coefficient (Wildman–Crippen LogP) is 4.02. The highest BCUT2D eigenvalue weighted by molar-refractivity contribution is 7.89. The van der Waals surface area contributed by atoms with Gasteiger partial charge in [-0.05, 0) is 38.1 Å². The molecule has 0 saturated carbocycles. The van der Waals surface area contributed by atoms with Crippen molar-refractivity contribution in [2.75, 3.05) is 26.5 Å². The molecule has 0 unspecified atom stereocenters. The number of ether oxygens (including phenoxy) is 1. The number of aromatic nitrogens is 2. The Balaban J connectivity index is 2.01. The number of nitrogens with one attached hydrogen (secondary N) is 1. The van der Waals surface area contributed by atoms with Crippen molar-refractivity contribution in [2.24, 2.45) is 0 Å². The third-order valence-electron chi connectivity index (χ3n) is 4.58. The van der Waals surface area contributed by atoms with Gasteiger partial charge in [0.15, 0.2) is 11.0 Å². The van der Waals surface area contributed by atoms with Gasteiger partial charge in [-0.25, -0.2) is 22.7 Å². The van der Waals surface area contributed by atoms with Crippen molar-refractivity contribution in [3.05, 3.63) is 52.7 Å². The highest BCUT2D eigenvalue weighted by atomic mass is 35.5. The summed E-state index contributed by atoms with van der Waals surface area (Å²) in [5.41, 5.74) is 3.00. The van der Waals surface area contributed by atoms with Gasteiger partial charge in [0.25, 0.3) is 0 Å². The van der Waals surface area contributed by atoms with Gasteiger partial charge in [-0.2, -0.15) is 0 Å². The van der Waals surface area contributed by atoms with E-state index in [-0.39, 0.29) is 16.1 Å². The number of sulfonamides is 1. The van der Waals surface area contributed by atoms with E-state index in [1.54, 1.807) is 13.2 Å². The second-order valence-corrected chi connectivity index (χ2v) is 9.42. The van der Waals surface area contributed by atoms with Crippen LogP contribution < -0.4 is 10.1 Å². The second kappa shape index (κ2) is 8.14. The minimum atomic E-state index is -3.58. The normalized spacial score (nSPS) is 12.9. The summed E-state index contributed by atoms with van der Waals surface area (Å²) in [5, 5.41) is 3.46. The molecule has 154 valence electrons. The maximum Gasteiger partial charge on any atom is 0.242 e. The fourth-order valence-corrected chi connectivity index (χ4v) is 4.06. The van der Waals surface area contributed by atoms with E-state index in [9.17, 15) is 8.42 Å². The van der Waals surface area contributed by atoms with Crippen LogP contribution in [0.2, 0.25) is 5.15 Å². The molecule has 0 amide bonds. The molecular formula is C20H23ClN4O3S. The summed E-state index contributed by atoms with van der Waals surface area (Å²) >= 11 is 6.33. The van der Waals surface area contributed by atoms with Crippen molar-refractivity contribution < 1.29 is 13.2 Å². The molecule has 2 aromatic carbocycles. The second-order valence-electron chi connectivity index (χ2n) is 6.91. The summed E-state index contributed by atoms with van der Waals surface area (Å²) in [6.45, 7) is 3.97. The van der Waals surface area contributed by atoms with Gasteiger partial charge in [0.1, 0.15) is 5.75 Å². The molecule has 0 bridgehead atoms. The van der Waals surface area contributed by atoms with Crippen molar-refractivity contribution in [3.8, 4) is 5.75 Å². The van der Waals surface area contributed by atoms with Crippen molar-refractivity contribution in [3.63, 3.8) is 0 Å². The summed E-state index contributed by atoms with van der Waals surface area (Å²) in [7, 11) is 1.01. The van der Waals surface area contributed by atoms with Crippen LogP contribution in [0, 0.1) is 6.92 Å². The van der Waals surface area contributed by atoms with E-state index in [2.05, 4.69) is 15.3 Å². The lowest BCUT2D eigenvalue weighted by atomic mass is 10.0. The Kier molecular flexibility index (Phi) is 5.97. The lowest BCUT2D eigenvalue weighted by Crippen LogP contribution is -2.22. The first-order valence-corrected chi connectivity index (χ1v) is 10.8. The molecule has 1 N–H and O–H groups in total. The molecule has 3 rings (SSSR count). The van der Waals surface area contributed by atoms with Crippen LogP contribution in [0.3, 0.4) is 0 Å². The molecular weight excluding hydrogens is 412 g/mol. The van der Waals surface area contributed by atoms with Gasteiger partial charge in [-0.15, -0.1) is 0 Å². The molecule has 0 saturated heterocycles. The summed E-state index contributed by atoms with van der Waals surface area (Å²) in [6.07, 6.45) is 0. The number of anilines is 1. The Labute approximate surface area is 175 Å². The van der Waals surface area contributed by atoms with E-state index in [1.165, 1.54) is 26.2 Å². The van der Waals surface area contributed by atoms with Gasteiger partial charge >= 0.3 is 0 Å². The number of aryl methyl sites for hydroxylation is 1. The Morgan fingerprint density at radius 1 is 1.10 bits per heavy atom. The SMILES string of the molecule is COc1ccc(C)cc1[C@H](C)Nc1nc2cc(S(=O)(=O)N(C)C)ccc2nc1Cl. The average molecular weight is 435 g/mol. The van der Waals surface area contributed by atoms with E-state index in [0.29, 0.717) is 16.9 Å². The molecule has 0 aliphatic heterocycles. The van der Waals surface area contributed by atoms with Crippen molar-refractivity contribution in [1.82, 2.24) is 14.3 Å². The fourth-order valence-electron chi connectivity index (χ4n) is 2.95. The number of rotatable bonds is 6. The number of benzene rings is 2. The molecule has 1 aromatic heterocycles. The van der Waals surface area contributed by atoms with Crippen molar-refractivity contribution in [1.29, 1.82) is 0 Å². The van der Waals surface area contributed by atoms with E-state index in [0.717, 1.165) is 21.2 Å². The third kappa shape index (κ3) is 4.29. The first kappa shape index (κ1) is 21.3. The third-order valence-corrected chi connectivity index (χ3v) is 6.65. The number of nitrogens with zero attached hydrogens (tertiary/aromatic N) is 3. The number of hydrogen-bond donors (Lipinski definition) is 1. The fraction of sp³-hybridized carbons (Fsp3) is 0.300. The smallest absolute Gasteiger partial charge is 0.242 e. The van der Waals surface area contributed by atoms with Gasteiger partial charge in [0, 0.05) is 19.7 Å². The molecule has 0 spiro atoms. The van der Waals surface area contributed by atoms with Gasteiger partial charge < -0.3 is 10.1 Å². The molecule has 7 nitrogen and oxygen atoms in total. The molecule has 1 atom stereocenters. The van der Waals surface area contributed by atoms with Crippen LogP contribution in [-0.2, 0) is 10.0 Å². The lowest BCUT2D eigenvalue weighted by Gasteiger charge is -2.19. The molecule has 0 aliphatic rings. The first-order valence-electron chi connectivity index (χ1n) is 8.94. The van der Waals surface area contributed by atoms with E-state index in [4.69, 9.17) is 16.3 Å². The number of methoxy groups -OCH3 is 1. The van der Waals surface area contributed by atoms with Crippen LogP contribution in [0.4, 0.5) is 5.82 Å². The van der Waals surface area contributed by atoms with Gasteiger partial charge in [-0.3, -0.25) is 0 Å². The van der Waals surface area contributed by atoms with Crippen LogP contribution >= 0.6 is 11.6 Å². The van der Waals surface area contributed by atoms with E-state index in [1.807, 2.05) is 32.0 Å². The van der Waals surface area contributed by atoms with Gasteiger partial charge in [0.05, 0.1) is 29.1 Å². The highest BCUT2D eigenvalue weighted by Crippen LogP contribution is 2.31. The molecule has 1 heterocycles. The molecule has 3 aromatic rings. The van der Waals surface area contributed by atoms with E-state index < -0.39 is 10.0 Å². The number of hydrogen-bond acceptors (Lipinski definition) is 6. The van der Waals surface area contributed by atoms with Crippen LogP contribution in [0.1, 0.15) is 24.1 Å². The van der Waals surface area contributed by atoms with Gasteiger partial charge in [0.2, 0.25) is 10.0 Å². The Hall–Kier alpha value is -2.42. The Bertz CT molecular complexity index is 1170. The molecule has 29 heavy (non-hydrogen) atoms. The molecule has 0 radical (unpaired) electrons. The Morgan fingerprint density at radius 2 is 1.83 bits per heavy atom. The average Bonchev–Trinajstić information content (AvgIpc) is 2.67. The maximum absolute atomic E-state index is 12.4. The maximum atomic E-state index is 12.4. The van der Waals surface area contributed by atoms with Crippen LogP contribution in [0.25, 0.3) is 11.0 Å². The quantitative estimate of drug-likeness (QED) is 0.630. The highest BCUT2D eigenvalue weighted by Gasteiger charge is 2.19. The van der Waals surface area contributed by atoms with E-state index >= 15 is 0 Å². The zero-order valence-electron chi connectivity index (χ0n) is 16.9. The lowest BCUT2D eigenvalue weighted by molar-refractivity contribution is 0.408. The monoisotopic (exact) mass is 434 g/mol. The van der Waals surface area contributed by atoms with Crippen molar-refractivity contribution >= 4 is 38.5 Å². The van der Waals surface area contributed by atoms with Crippen molar-refractivity contribution in [2.45, 2.75) is 24.8 Å². The van der Waals surface area contributed by atoms with Crippen LogP contribution in [0.15, 0.2) is 41.3 Å². The summed E-state index contributed by atoms with van der Waals surface area (Å²) in [4.78, 5) is 9.02. The standard InChI is InChI=1S/C20H23ClN4O3S/c1-12-6-9-18(28-5)15(10-12)13(2)22-20-19(21)23-16-8-7-14(11-17(16)24-20)29(26,27)25(3)4/h6-11,13H,1-5H3,(H,22,24)/t13-/m0/s1. The summed E-state index contributed by atoms with van der Waals surface area (Å²) in [6, 6.07) is 10.3.